The van der Waals surface area contributed by atoms with E-state index in [-0.39, 0.29) is 11.9 Å². The maximum atomic E-state index is 12.2. The zero-order valence-corrected chi connectivity index (χ0v) is 12.9. The first-order valence-corrected chi connectivity index (χ1v) is 8.57. The third-order valence-corrected chi connectivity index (χ3v) is 4.91. The third-order valence-electron chi connectivity index (χ3n) is 3.98. The van der Waals surface area contributed by atoms with Crippen molar-refractivity contribution in [3.05, 3.63) is 58.3 Å². The fourth-order valence-corrected chi connectivity index (χ4v) is 3.44. The molecule has 1 aromatic carbocycles. The monoisotopic (exact) mass is 299 g/mol. The molecule has 1 saturated carbocycles. The normalized spacial score (nSPS) is 15.6. The zero-order chi connectivity index (χ0) is 14.5. The van der Waals surface area contributed by atoms with Crippen molar-refractivity contribution in [1.82, 2.24) is 5.32 Å². The number of carbonyl (C=O) groups excluding carboxylic acids is 1. The molecule has 1 unspecified atom stereocenters. The Morgan fingerprint density at radius 3 is 2.67 bits per heavy atom. The predicted octanol–water partition coefficient (Wildman–Crippen LogP) is 4.34. The summed E-state index contributed by atoms with van der Waals surface area (Å²) >= 11 is 1.77. The van der Waals surface area contributed by atoms with E-state index in [0.29, 0.717) is 12.3 Å². The Morgan fingerprint density at radius 2 is 2.00 bits per heavy atom. The third kappa shape index (κ3) is 4.18. The lowest BCUT2D eigenvalue weighted by molar-refractivity contribution is -0.122. The smallest absolute Gasteiger partial charge is 0.220 e. The van der Waals surface area contributed by atoms with Crippen LogP contribution in [0.25, 0.3) is 0 Å². The van der Waals surface area contributed by atoms with Crippen LogP contribution in [0.1, 0.15) is 42.2 Å². The Hall–Kier alpha value is -1.61. The molecule has 1 N–H and O–H groups in total. The summed E-state index contributed by atoms with van der Waals surface area (Å²) in [5, 5.41) is 5.33. The number of aryl methyl sites for hydroxylation is 1. The second-order valence-electron chi connectivity index (χ2n) is 5.73. The maximum absolute atomic E-state index is 12.2. The molecule has 1 amide bonds. The predicted molar refractivity (Wildman–Crippen MR) is 87.3 cm³/mol. The molecular weight excluding hydrogens is 278 g/mol. The first kappa shape index (κ1) is 14.3. The molecule has 1 fully saturated rings. The van der Waals surface area contributed by atoms with Gasteiger partial charge in [-0.15, -0.1) is 11.3 Å². The van der Waals surface area contributed by atoms with E-state index in [1.807, 2.05) is 18.2 Å². The Morgan fingerprint density at radius 1 is 1.19 bits per heavy atom. The van der Waals surface area contributed by atoms with Gasteiger partial charge in [0.15, 0.2) is 0 Å². The summed E-state index contributed by atoms with van der Waals surface area (Å²) in [7, 11) is 0. The average molecular weight is 299 g/mol. The molecule has 0 radical (unpaired) electrons. The van der Waals surface area contributed by atoms with Crippen molar-refractivity contribution in [1.29, 1.82) is 0 Å². The topological polar surface area (TPSA) is 29.1 Å². The minimum atomic E-state index is 0.187. The van der Waals surface area contributed by atoms with Crippen LogP contribution in [0.15, 0.2) is 47.8 Å². The molecule has 3 rings (SSSR count). The molecule has 21 heavy (non-hydrogen) atoms. The summed E-state index contributed by atoms with van der Waals surface area (Å²) in [6, 6.07) is 14.8. The van der Waals surface area contributed by atoms with Gasteiger partial charge in [0, 0.05) is 11.3 Å². The second-order valence-corrected chi connectivity index (χ2v) is 6.76. The summed E-state index contributed by atoms with van der Waals surface area (Å²) in [5.41, 5.74) is 1.24. The lowest BCUT2D eigenvalue weighted by atomic mass is 10.0. The molecule has 1 atom stereocenters. The molecular formula is C18H21NOS. The van der Waals surface area contributed by atoms with Crippen molar-refractivity contribution < 1.29 is 4.79 Å². The fourth-order valence-electron chi connectivity index (χ4n) is 2.69. The summed E-state index contributed by atoms with van der Waals surface area (Å²) in [4.78, 5) is 13.5. The number of rotatable bonds is 7. The van der Waals surface area contributed by atoms with Crippen molar-refractivity contribution >= 4 is 17.2 Å². The molecule has 1 aliphatic carbocycles. The van der Waals surface area contributed by atoms with Crippen LogP contribution in [0.4, 0.5) is 0 Å². The van der Waals surface area contributed by atoms with E-state index in [0.717, 1.165) is 12.8 Å². The first-order chi connectivity index (χ1) is 10.3. The Balaban J connectivity index is 1.50. The molecule has 1 heterocycles. The van der Waals surface area contributed by atoms with E-state index < -0.39 is 0 Å². The van der Waals surface area contributed by atoms with Crippen LogP contribution in [0.2, 0.25) is 0 Å². The average Bonchev–Trinajstić information content (AvgIpc) is 3.22. The molecule has 0 bridgehead atoms. The minimum absolute atomic E-state index is 0.187. The number of carbonyl (C=O) groups is 1. The van der Waals surface area contributed by atoms with Gasteiger partial charge in [0.25, 0.3) is 0 Å². The van der Waals surface area contributed by atoms with E-state index in [4.69, 9.17) is 0 Å². The van der Waals surface area contributed by atoms with Crippen LogP contribution >= 0.6 is 11.3 Å². The molecule has 0 saturated heterocycles. The highest BCUT2D eigenvalue weighted by atomic mass is 32.1. The number of hydrogen-bond acceptors (Lipinski definition) is 2. The van der Waals surface area contributed by atoms with Crippen LogP contribution in [-0.4, -0.2) is 5.91 Å². The molecule has 1 aromatic heterocycles. The highest BCUT2D eigenvalue weighted by Crippen LogP contribution is 2.40. The molecule has 0 aliphatic heterocycles. The molecule has 0 spiro atoms. The highest BCUT2D eigenvalue weighted by Gasteiger charge is 2.33. The zero-order valence-electron chi connectivity index (χ0n) is 12.1. The summed E-state index contributed by atoms with van der Waals surface area (Å²) in [5.74, 6) is 0.820. The maximum Gasteiger partial charge on any atom is 0.220 e. The molecule has 2 nitrogen and oxygen atoms in total. The van der Waals surface area contributed by atoms with E-state index in [2.05, 4.69) is 35.0 Å². The second kappa shape index (κ2) is 6.90. The van der Waals surface area contributed by atoms with Crippen LogP contribution in [0.5, 0.6) is 0 Å². The number of hydrogen-bond donors (Lipinski definition) is 1. The number of benzene rings is 1. The van der Waals surface area contributed by atoms with Gasteiger partial charge >= 0.3 is 0 Å². The van der Waals surface area contributed by atoms with Gasteiger partial charge < -0.3 is 5.32 Å². The van der Waals surface area contributed by atoms with Gasteiger partial charge in [0.1, 0.15) is 0 Å². The SMILES string of the molecule is O=C(CCCc1cccs1)NC(c1ccccc1)C1CC1. The molecule has 2 aromatic rings. The largest absolute Gasteiger partial charge is 0.349 e. The van der Waals surface area contributed by atoms with Crippen molar-refractivity contribution in [2.75, 3.05) is 0 Å². The van der Waals surface area contributed by atoms with Gasteiger partial charge in [-0.2, -0.15) is 0 Å². The highest BCUT2D eigenvalue weighted by molar-refractivity contribution is 7.09. The number of thiophene rings is 1. The first-order valence-electron chi connectivity index (χ1n) is 7.69. The van der Waals surface area contributed by atoms with E-state index in [9.17, 15) is 4.79 Å². The van der Waals surface area contributed by atoms with Gasteiger partial charge in [-0.05, 0) is 48.6 Å². The summed E-state index contributed by atoms with van der Waals surface area (Å²) in [6.45, 7) is 0. The van der Waals surface area contributed by atoms with Gasteiger partial charge in [-0.3, -0.25) is 4.79 Å². The van der Waals surface area contributed by atoms with Gasteiger partial charge in [0.05, 0.1) is 6.04 Å². The van der Waals surface area contributed by atoms with E-state index in [1.165, 1.54) is 23.3 Å². The van der Waals surface area contributed by atoms with Gasteiger partial charge in [-0.1, -0.05) is 36.4 Å². The summed E-state index contributed by atoms with van der Waals surface area (Å²) < 4.78 is 0. The van der Waals surface area contributed by atoms with Gasteiger partial charge in [0.2, 0.25) is 5.91 Å². The van der Waals surface area contributed by atoms with Crippen LogP contribution in [0.3, 0.4) is 0 Å². The molecule has 1 aliphatic rings. The van der Waals surface area contributed by atoms with Crippen molar-refractivity contribution in [2.24, 2.45) is 5.92 Å². The van der Waals surface area contributed by atoms with Gasteiger partial charge in [-0.25, -0.2) is 0 Å². The summed E-state index contributed by atoms with van der Waals surface area (Å²) in [6.07, 6.45) is 5.01. The Kier molecular flexibility index (Phi) is 4.71. The lowest BCUT2D eigenvalue weighted by Gasteiger charge is -2.18. The van der Waals surface area contributed by atoms with Crippen LogP contribution < -0.4 is 5.32 Å². The van der Waals surface area contributed by atoms with Crippen LogP contribution in [-0.2, 0) is 11.2 Å². The van der Waals surface area contributed by atoms with Crippen molar-refractivity contribution in [3.63, 3.8) is 0 Å². The quantitative estimate of drug-likeness (QED) is 0.809. The van der Waals surface area contributed by atoms with E-state index >= 15 is 0 Å². The Labute approximate surface area is 130 Å². The fraction of sp³-hybridized carbons (Fsp3) is 0.389. The van der Waals surface area contributed by atoms with Crippen molar-refractivity contribution in [3.8, 4) is 0 Å². The lowest BCUT2D eigenvalue weighted by Crippen LogP contribution is -2.29. The number of nitrogens with one attached hydrogen (secondary N) is 1. The standard InChI is InChI=1S/C18H21NOS/c20-17(10-4-8-16-9-5-13-21-16)19-18(15-11-12-15)14-6-2-1-3-7-14/h1-3,5-7,9,13,15,18H,4,8,10-12H2,(H,19,20). The Bertz CT molecular complexity index is 560. The minimum Gasteiger partial charge on any atom is -0.349 e. The van der Waals surface area contributed by atoms with Crippen LogP contribution in [0, 0.1) is 5.92 Å². The molecule has 110 valence electrons. The number of amides is 1. The molecule has 3 heteroatoms. The van der Waals surface area contributed by atoms with Crippen molar-refractivity contribution in [2.45, 2.75) is 38.1 Å². The van der Waals surface area contributed by atoms with E-state index in [1.54, 1.807) is 11.3 Å².